The van der Waals surface area contributed by atoms with Crippen LogP contribution >= 0.6 is 11.6 Å². The number of nitrogens with zero attached hydrogens (tertiary/aromatic N) is 1. The average molecular weight is 434 g/mol. The normalized spacial score (nSPS) is 15.9. The Morgan fingerprint density at radius 2 is 1.74 bits per heavy atom. The lowest BCUT2D eigenvalue weighted by atomic mass is 9.81. The molecule has 0 unspecified atom stereocenters. The number of allylic oxidation sites excluding steroid dienone is 1. The van der Waals surface area contributed by atoms with E-state index in [1.54, 1.807) is 30.3 Å². The highest BCUT2D eigenvalue weighted by Crippen LogP contribution is 2.50. The number of carbonyl (C=O) groups excluding carboxylic acids is 2. The topological polar surface area (TPSA) is 46.6 Å². The van der Waals surface area contributed by atoms with Crippen LogP contribution in [0.1, 0.15) is 36.7 Å². The predicted molar refractivity (Wildman–Crippen MR) is 125 cm³/mol. The largest absolute Gasteiger partial charge is 0.454 e. The Morgan fingerprint density at radius 3 is 2.45 bits per heavy atom. The summed E-state index contributed by atoms with van der Waals surface area (Å²) in [7, 11) is 0. The molecule has 3 aromatic carbocycles. The second-order valence-electron chi connectivity index (χ2n) is 8.13. The van der Waals surface area contributed by atoms with Crippen molar-refractivity contribution in [1.29, 1.82) is 0 Å². The van der Waals surface area contributed by atoms with Crippen LogP contribution in [0.3, 0.4) is 0 Å². The van der Waals surface area contributed by atoms with E-state index in [0.717, 1.165) is 17.9 Å². The smallest absolute Gasteiger partial charge is 0.338 e. The Hall–Kier alpha value is -3.11. The molecule has 1 heterocycles. The van der Waals surface area contributed by atoms with Crippen LogP contribution in [-0.2, 0) is 14.9 Å². The molecule has 5 heteroatoms. The summed E-state index contributed by atoms with van der Waals surface area (Å²) >= 11 is 5.85. The summed E-state index contributed by atoms with van der Waals surface area (Å²) in [5, 5.41) is 2.90. The molecule has 0 bridgehead atoms. The number of ether oxygens (including phenoxy) is 1. The standard InChI is InChI=1S/C26H24ClNO3/c1-4-28-22-14-11-17-7-5-6-8-21(17)24(22)26(2,3)23(28)15-20(29)16-31-25(30)18-9-12-19(27)13-10-18/h5-15H,4,16H2,1-3H3. The van der Waals surface area contributed by atoms with E-state index in [1.165, 1.54) is 16.3 Å². The molecule has 1 aliphatic heterocycles. The van der Waals surface area contributed by atoms with Crippen LogP contribution in [0.2, 0.25) is 5.02 Å². The number of esters is 1. The first kappa shape index (κ1) is 21.1. The Labute approximate surface area is 187 Å². The summed E-state index contributed by atoms with van der Waals surface area (Å²) in [6, 6.07) is 18.9. The first-order valence-electron chi connectivity index (χ1n) is 10.3. The molecular weight excluding hydrogens is 410 g/mol. The van der Waals surface area contributed by atoms with Crippen molar-refractivity contribution in [2.24, 2.45) is 0 Å². The van der Waals surface area contributed by atoms with Crippen molar-refractivity contribution in [2.45, 2.75) is 26.2 Å². The Morgan fingerprint density at radius 1 is 1.03 bits per heavy atom. The molecular formula is C26H24ClNO3. The van der Waals surface area contributed by atoms with Gasteiger partial charge in [0.15, 0.2) is 12.4 Å². The van der Waals surface area contributed by atoms with E-state index < -0.39 is 5.97 Å². The van der Waals surface area contributed by atoms with Gasteiger partial charge in [-0.15, -0.1) is 0 Å². The molecule has 0 aromatic heterocycles. The van der Waals surface area contributed by atoms with E-state index in [0.29, 0.717) is 10.6 Å². The van der Waals surface area contributed by atoms with Crippen LogP contribution in [0, 0.1) is 0 Å². The first-order chi connectivity index (χ1) is 14.8. The number of fused-ring (bicyclic) bond motifs is 3. The Balaban J connectivity index is 1.60. The van der Waals surface area contributed by atoms with E-state index in [-0.39, 0.29) is 17.8 Å². The zero-order chi connectivity index (χ0) is 22.2. The molecule has 31 heavy (non-hydrogen) atoms. The van der Waals surface area contributed by atoms with Crippen molar-refractivity contribution >= 4 is 39.8 Å². The van der Waals surface area contributed by atoms with Gasteiger partial charge in [0.05, 0.1) is 5.56 Å². The van der Waals surface area contributed by atoms with Crippen molar-refractivity contribution in [1.82, 2.24) is 0 Å². The minimum atomic E-state index is -0.546. The molecule has 0 radical (unpaired) electrons. The molecule has 0 N–H and O–H groups in total. The molecule has 1 aliphatic rings. The van der Waals surface area contributed by atoms with Gasteiger partial charge in [0, 0.05) is 34.4 Å². The summed E-state index contributed by atoms with van der Waals surface area (Å²) in [4.78, 5) is 27.1. The summed E-state index contributed by atoms with van der Waals surface area (Å²) in [6.07, 6.45) is 1.62. The van der Waals surface area contributed by atoms with Gasteiger partial charge in [-0.05, 0) is 53.6 Å². The van der Waals surface area contributed by atoms with Crippen molar-refractivity contribution in [2.75, 3.05) is 18.1 Å². The Bertz CT molecular complexity index is 1200. The summed E-state index contributed by atoms with van der Waals surface area (Å²) in [6.45, 7) is 6.76. The van der Waals surface area contributed by atoms with Crippen molar-refractivity contribution in [3.8, 4) is 0 Å². The molecule has 0 fully saturated rings. The lowest BCUT2D eigenvalue weighted by Crippen LogP contribution is -2.27. The fraction of sp³-hybridized carbons (Fsp3) is 0.231. The summed E-state index contributed by atoms with van der Waals surface area (Å²) < 4.78 is 5.23. The van der Waals surface area contributed by atoms with Gasteiger partial charge >= 0.3 is 5.97 Å². The Kier molecular flexibility index (Phi) is 5.59. The van der Waals surface area contributed by atoms with E-state index in [9.17, 15) is 9.59 Å². The van der Waals surface area contributed by atoms with E-state index in [4.69, 9.17) is 16.3 Å². The number of ketones is 1. The van der Waals surface area contributed by atoms with E-state index >= 15 is 0 Å². The number of carbonyl (C=O) groups is 2. The van der Waals surface area contributed by atoms with Crippen molar-refractivity contribution in [3.05, 3.63) is 88.6 Å². The van der Waals surface area contributed by atoms with Gasteiger partial charge in [-0.3, -0.25) is 4.79 Å². The fourth-order valence-electron chi connectivity index (χ4n) is 4.34. The lowest BCUT2D eigenvalue weighted by molar-refractivity contribution is -0.117. The number of hydrogen-bond acceptors (Lipinski definition) is 4. The molecule has 0 saturated carbocycles. The molecule has 4 rings (SSSR count). The van der Waals surface area contributed by atoms with E-state index in [1.807, 2.05) is 12.1 Å². The first-order valence-corrected chi connectivity index (χ1v) is 10.7. The maximum absolute atomic E-state index is 12.8. The molecule has 158 valence electrons. The molecule has 0 saturated heterocycles. The van der Waals surface area contributed by atoms with Gasteiger partial charge in [0.25, 0.3) is 0 Å². The van der Waals surface area contributed by atoms with Gasteiger partial charge < -0.3 is 9.64 Å². The number of anilines is 1. The molecule has 3 aromatic rings. The highest BCUT2D eigenvalue weighted by atomic mass is 35.5. The molecule has 0 amide bonds. The number of rotatable bonds is 5. The van der Waals surface area contributed by atoms with Crippen LogP contribution in [0.25, 0.3) is 10.8 Å². The van der Waals surface area contributed by atoms with Crippen molar-refractivity contribution in [3.63, 3.8) is 0 Å². The maximum atomic E-state index is 12.8. The molecule has 0 aliphatic carbocycles. The van der Waals surface area contributed by atoms with Crippen LogP contribution in [0.15, 0.2) is 72.4 Å². The maximum Gasteiger partial charge on any atom is 0.338 e. The van der Waals surface area contributed by atoms with Gasteiger partial charge in [-0.1, -0.05) is 55.8 Å². The number of benzene rings is 3. The van der Waals surface area contributed by atoms with Crippen LogP contribution in [-0.4, -0.2) is 24.9 Å². The van der Waals surface area contributed by atoms with Crippen LogP contribution in [0.4, 0.5) is 5.69 Å². The summed E-state index contributed by atoms with van der Waals surface area (Å²) in [5.41, 5.74) is 3.24. The fourth-order valence-corrected chi connectivity index (χ4v) is 4.46. The third-order valence-corrected chi connectivity index (χ3v) is 6.05. The van der Waals surface area contributed by atoms with Crippen LogP contribution in [0.5, 0.6) is 0 Å². The number of halogens is 1. The molecule has 4 nitrogen and oxygen atoms in total. The number of likely N-dealkylation sites (N-methyl/N-ethyl adjacent to an activating group) is 1. The minimum absolute atomic E-state index is 0.249. The number of hydrogen-bond donors (Lipinski definition) is 0. The zero-order valence-corrected chi connectivity index (χ0v) is 18.6. The molecule has 0 spiro atoms. The summed E-state index contributed by atoms with van der Waals surface area (Å²) in [5.74, 6) is -0.795. The third kappa shape index (κ3) is 3.84. The van der Waals surface area contributed by atoms with E-state index in [2.05, 4.69) is 49.9 Å². The molecule has 0 atom stereocenters. The van der Waals surface area contributed by atoms with Gasteiger partial charge in [-0.2, -0.15) is 0 Å². The SMILES string of the molecule is CCN1C(=CC(=O)COC(=O)c2ccc(Cl)cc2)C(C)(C)c2c1ccc1ccccc21. The zero-order valence-electron chi connectivity index (χ0n) is 17.8. The minimum Gasteiger partial charge on any atom is -0.454 e. The van der Waals surface area contributed by atoms with Crippen LogP contribution < -0.4 is 4.90 Å². The van der Waals surface area contributed by atoms with Gasteiger partial charge in [0.1, 0.15) is 0 Å². The van der Waals surface area contributed by atoms with Gasteiger partial charge in [0.2, 0.25) is 0 Å². The quantitative estimate of drug-likeness (QED) is 0.370. The highest BCUT2D eigenvalue weighted by molar-refractivity contribution is 6.30. The second kappa shape index (κ2) is 8.20. The predicted octanol–water partition coefficient (Wildman–Crippen LogP) is 5.92. The third-order valence-electron chi connectivity index (χ3n) is 5.79. The lowest BCUT2D eigenvalue weighted by Gasteiger charge is -2.26. The average Bonchev–Trinajstić information content (AvgIpc) is 2.98. The monoisotopic (exact) mass is 433 g/mol. The van der Waals surface area contributed by atoms with Gasteiger partial charge in [-0.25, -0.2) is 4.79 Å². The highest BCUT2D eigenvalue weighted by Gasteiger charge is 2.41. The van der Waals surface area contributed by atoms with Crippen molar-refractivity contribution < 1.29 is 14.3 Å². The second-order valence-corrected chi connectivity index (χ2v) is 8.57.